The second-order valence-corrected chi connectivity index (χ2v) is 8.53. The molecule has 6 heteroatoms. The molecule has 162 valence electrons. The average molecular weight is 421 g/mol. The highest BCUT2D eigenvalue weighted by Crippen LogP contribution is 2.35. The van der Waals surface area contributed by atoms with E-state index in [0.29, 0.717) is 18.4 Å². The van der Waals surface area contributed by atoms with Crippen molar-refractivity contribution in [2.45, 2.75) is 45.7 Å². The zero-order chi connectivity index (χ0) is 22.0. The van der Waals surface area contributed by atoms with Crippen LogP contribution in [0.3, 0.4) is 0 Å². The van der Waals surface area contributed by atoms with Crippen LogP contribution in [0.5, 0.6) is 0 Å². The van der Waals surface area contributed by atoms with Crippen LogP contribution in [0.1, 0.15) is 42.3 Å². The quantitative estimate of drug-likeness (QED) is 0.671. The minimum absolute atomic E-state index is 0.130. The van der Waals surface area contributed by atoms with Crippen LogP contribution >= 0.6 is 0 Å². The molecule has 1 N–H and O–H groups in total. The summed E-state index contributed by atoms with van der Waals surface area (Å²) in [7, 11) is 0. The van der Waals surface area contributed by atoms with E-state index in [1.807, 2.05) is 17.7 Å². The molecule has 0 aliphatic carbocycles. The van der Waals surface area contributed by atoms with E-state index in [1.54, 1.807) is 12.1 Å². The summed E-state index contributed by atoms with van der Waals surface area (Å²) in [5, 5.41) is 7.64. The van der Waals surface area contributed by atoms with E-state index in [0.717, 1.165) is 36.7 Å². The third-order valence-corrected chi connectivity index (χ3v) is 6.09. The van der Waals surface area contributed by atoms with Gasteiger partial charge in [0.2, 0.25) is 5.91 Å². The molecule has 0 unspecified atom stereocenters. The SMILES string of the molecule is CC(=O)NC1(c2ccccc2F)CCN(Cc2cccc(-n3nc(C)cc3C)c2)CC1. The number of carbonyl (C=O) groups is 1. The number of nitrogens with one attached hydrogen (secondary N) is 1. The van der Waals surface area contributed by atoms with E-state index in [-0.39, 0.29) is 11.7 Å². The summed E-state index contributed by atoms with van der Waals surface area (Å²) < 4.78 is 16.5. The number of aryl methyl sites for hydroxylation is 2. The summed E-state index contributed by atoms with van der Waals surface area (Å²) in [5.74, 6) is -0.392. The lowest BCUT2D eigenvalue weighted by Crippen LogP contribution is -2.52. The number of carbonyl (C=O) groups excluding carboxylic acids is 1. The fourth-order valence-electron chi connectivity index (χ4n) is 4.68. The Kier molecular flexibility index (Phi) is 5.92. The first-order valence-electron chi connectivity index (χ1n) is 10.7. The third kappa shape index (κ3) is 4.54. The Hall–Kier alpha value is -2.99. The van der Waals surface area contributed by atoms with Crippen LogP contribution in [0.4, 0.5) is 4.39 Å². The molecule has 0 saturated carbocycles. The molecule has 5 nitrogen and oxygen atoms in total. The van der Waals surface area contributed by atoms with Crippen LogP contribution in [0.2, 0.25) is 0 Å². The second-order valence-electron chi connectivity index (χ2n) is 8.53. The minimum atomic E-state index is -0.654. The molecule has 0 spiro atoms. The Bertz CT molecular complexity index is 1080. The fourth-order valence-corrected chi connectivity index (χ4v) is 4.68. The van der Waals surface area contributed by atoms with Crippen LogP contribution in [0.25, 0.3) is 5.69 Å². The van der Waals surface area contributed by atoms with Crippen molar-refractivity contribution in [2.24, 2.45) is 0 Å². The van der Waals surface area contributed by atoms with Gasteiger partial charge in [-0.15, -0.1) is 0 Å². The molecule has 3 aromatic rings. The summed E-state index contributed by atoms with van der Waals surface area (Å²) in [5.41, 5.74) is 4.30. The first kappa shape index (κ1) is 21.2. The number of aromatic nitrogens is 2. The Morgan fingerprint density at radius 3 is 2.48 bits per heavy atom. The maximum absolute atomic E-state index is 14.6. The topological polar surface area (TPSA) is 50.2 Å². The van der Waals surface area contributed by atoms with Crippen molar-refractivity contribution in [1.82, 2.24) is 20.0 Å². The summed E-state index contributed by atoms with van der Waals surface area (Å²) in [6.07, 6.45) is 1.34. The molecule has 0 atom stereocenters. The molecular weight excluding hydrogens is 391 g/mol. The molecule has 1 saturated heterocycles. The average Bonchev–Trinajstić information content (AvgIpc) is 3.08. The van der Waals surface area contributed by atoms with Crippen molar-refractivity contribution in [1.29, 1.82) is 0 Å². The van der Waals surface area contributed by atoms with E-state index in [1.165, 1.54) is 18.6 Å². The molecule has 2 aromatic carbocycles. The molecule has 1 aliphatic rings. The fraction of sp³-hybridized carbons (Fsp3) is 0.360. The van der Waals surface area contributed by atoms with Gasteiger partial charge in [-0.3, -0.25) is 9.69 Å². The van der Waals surface area contributed by atoms with Gasteiger partial charge in [0.1, 0.15) is 5.82 Å². The van der Waals surface area contributed by atoms with Crippen LogP contribution < -0.4 is 5.32 Å². The van der Waals surface area contributed by atoms with Gasteiger partial charge in [-0.2, -0.15) is 5.10 Å². The summed E-state index contributed by atoms with van der Waals surface area (Å²) in [4.78, 5) is 14.3. The number of amides is 1. The molecule has 1 aliphatic heterocycles. The van der Waals surface area contributed by atoms with Gasteiger partial charge in [-0.25, -0.2) is 9.07 Å². The monoisotopic (exact) mass is 420 g/mol. The van der Waals surface area contributed by atoms with Gasteiger partial charge >= 0.3 is 0 Å². The lowest BCUT2D eigenvalue weighted by atomic mass is 9.80. The van der Waals surface area contributed by atoms with E-state index in [2.05, 4.69) is 52.6 Å². The van der Waals surface area contributed by atoms with Gasteiger partial charge < -0.3 is 5.32 Å². The Morgan fingerprint density at radius 2 is 1.84 bits per heavy atom. The van der Waals surface area contributed by atoms with Crippen LogP contribution in [0.15, 0.2) is 54.6 Å². The first-order chi connectivity index (χ1) is 14.9. The predicted octanol–water partition coefficient (Wildman–Crippen LogP) is 4.26. The lowest BCUT2D eigenvalue weighted by Gasteiger charge is -2.42. The Balaban J connectivity index is 1.50. The van der Waals surface area contributed by atoms with Gasteiger partial charge in [0.25, 0.3) is 0 Å². The number of hydrogen-bond acceptors (Lipinski definition) is 3. The highest BCUT2D eigenvalue weighted by Gasteiger charge is 2.38. The Morgan fingerprint density at radius 1 is 1.10 bits per heavy atom. The molecule has 31 heavy (non-hydrogen) atoms. The van der Waals surface area contributed by atoms with Gasteiger partial charge in [0.05, 0.1) is 16.9 Å². The standard InChI is InChI=1S/C25H29FN4O/c1-18-15-19(2)30(28-18)22-8-6-7-21(16-22)17-29-13-11-25(12-14-29,27-20(3)31)23-9-4-5-10-24(23)26/h4-10,15-16H,11-14,17H2,1-3H3,(H,27,31). The van der Waals surface area contributed by atoms with E-state index >= 15 is 0 Å². The number of hydrogen-bond donors (Lipinski definition) is 1. The number of halogens is 1. The van der Waals surface area contributed by atoms with Crippen molar-refractivity contribution < 1.29 is 9.18 Å². The normalized spacial score (nSPS) is 16.3. The lowest BCUT2D eigenvalue weighted by molar-refractivity contribution is -0.121. The minimum Gasteiger partial charge on any atom is -0.347 e. The second kappa shape index (κ2) is 8.63. The molecule has 2 heterocycles. The number of benzene rings is 2. The summed E-state index contributed by atoms with van der Waals surface area (Å²) >= 11 is 0. The molecule has 4 rings (SSSR count). The highest BCUT2D eigenvalue weighted by molar-refractivity contribution is 5.74. The molecule has 0 radical (unpaired) electrons. The Labute approximate surface area is 182 Å². The van der Waals surface area contributed by atoms with Gasteiger partial charge in [0.15, 0.2) is 0 Å². The first-order valence-corrected chi connectivity index (χ1v) is 10.7. The zero-order valence-electron chi connectivity index (χ0n) is 18.4. The van der Waals surface area contributed by atoms with Crippen LogP contribution in [-0.4, -0.2) is 33.7 Å². The van der Waals surface area contributed by atoms with Crippen molar-refractivity contribution in [3.05, 3.63) is 82.9 Å². The molecule has 0 bridgehead atoms. The number of nitrogens with zero attached hydrogens (tertiary/aromatic N) is 3. The molecule has 1 fully saturated rings. The van der Waals surface area contributed by atoms with Crippen LogP contribution in [-0.2, 0) is 16.9 Å². The van der Waals surface area contributed by atoms with E-state index in [9.17, 15) is 9.18 Å². The number of piperidine rings is 1. The van der Waals surface area contributed by atoms with E-state index in [4.69, 9.17) is 0 Å². The van der Waals surface area contributed by atoms with Crippen molar-refractivity contribution in [3.8, 4) is 5.69 Å². The van der Waals surface area contributed by atoms with E-state index < -0.39 is 5.54 Å². The van der Waals surface area contributed by atoms with Gasteiger partial charge in [-0.05, 0) is 56.5 Å². The molecule has 1 aromatic heterocycles. The van der Waals surface area contributed by atoms with Crippen molar-refractivity contribution in [2.75, 3.05) is 13.1 Å². The van der Waals surface area contributed by atoms with Crippen molar-refractivity contribution in [3.63, 3.8) is 0 Å². The predicted molar refractivity (Wildman–Crippen MR) is 119 cm³/mol. The summed E-state index contributed by atoms with van der Waals surface area (Å²) in [6, 6.07) is 17.3. The smallest absolute Gasteiger partial charge is 0.217 e. The third-order valence-electron chi connectivity index (χ3n) is 6.09. The maximum Gasteiger partial charge on any atom is 0.217 e. The largest absolute Gasteiger partial charge is 0.347 e. The van der Waals surface area contributed by atoms with Crippen molar-refractivity contribution >= 4 is 5.91 Å². The number of rotatable bonds is 5. The molecular formula is C25H29FN4O. The summed E-state index contributed by atoms with van der Waals surface area (Å²) in [6.45, 7) is 7.91. The zero-order valence-corrected chi connectivity index (χ0v) is 18.4. The maximum atomic E-state index is 14.6. The number of likely N-dealkylation sites (tertiary alicyclic amines) is 1. The highest BCUT2D eigenvalue weighted by atomic mass is 19.1. The van der Waals surface area contributed by atoms with Gasteiger partial charge in [-0.1, -0.05) is 30.3 Å². The van der Waals surface area contributed by atoms with Crippen LogP contribution in [0, 0.1) is 19.7 Å². The van der Waals surface area contributed by atoms with Gasteiger partial charge in [0, 0.05) is 37.8 Å². The molecule has 1 amide bonds.